The third kappa shape index (κ3) is 1.79. The topological polar surface area (TPSA) is 18.5 Å². The Morgan fingerprint density at radius 1 is 1.56 bits per heavy atom. The summed E-state index contributed by atoms with van der Waals surface area (Å²) in [6.07, 6.45) is 6.38. The number of methoxy groups -OCH3 is 1. The predicted molar refractivity (Wildman–Crippen MR) is 63.7 cm³/mol. The van der Waals surface area contributed by atoms with E-state index in [1.807, 2.05) is 18.2 Å². The maximum atomic E-state index is 5.64. The fourth-order valence-corrected chi connectivity index (χ4v) is 2.21. The van der Waals surface area contributed by atoms with E-state index in [-0.39, 0.29) is 5.41 Å². The molecule has 0 spiro atoms. The molecular formula is C14H16O2. The average Bonchev–Trinajstić information content (AvgIpc) is 2.29. The summed E-state index contributed by atoms with van der Waals surface area (Å²) in [7, 11) is 1.73. The molecule has 1 aliphatic heterocycles. The van der Waals surface area contributed by atoms with E-state index in [1.54, 1.807) is 7.11 Å². The summed E-state index contributed by atoms with van der Waals surface area (Å²) >= 11 is 0. The summed E-state index contributed by atoms with van der Waals surface area (Å²) in [5, 5.41) is 0. The summed E-state index contributed by atoms with van der Waals surface area (Å²) in [4.78, 5) is 0. The van der Waals surface area contributed by atoms with Crippen LogP contribution in [0.4, 0.5) is 0 Å². The number of ether oxygens (including phenoxy) is 2. The van der Waals surface area contributed by atoms with E-state index in [9.17, 15) is 0 Å². The van der Waals surface area contributed by atoms with Crippen LogP contribution in [0.3, 0.4) is 0 Å². The summed E-state index contributed by atoms with van der Waals surface area (Å²) in [6, 6.07) is 5.91. The Morgan fingerprint density at radius 2 is 2.38 bits per heavy atom. The Hall–Kier alpha value is -1.46. The molecule has 2 nitrogen and oxygen atoms in total. The molecule has 0 aromatic heterocycles. The van der Waals surface area contributed by atoms with Crippen LogP contribution in [0.15, 0.2) is 18.2 Å². The van der Waals surface area contributed by atoms with Crippen molar-refractivity contribution in [1.29, 1.82) is 0 Å². The minimum Gasteiger partial charge on any atom is -0.493 e. The zero-order valence-electron chi connectivity index (χ0n) is 9.75. The highest BCUT2D eigenvalue weighted by molar-refractivity contribution is 5.48. The molecule has 1 aromatic carbocycles. The van der Waals surface area contributed by atoms with Gasteiger partial charge in [0.25, 0.3) is 0 Å². The lowest BCUT2D eigenvalue weighted by atomic mass is 9.78. The van der Waals surface area contributed by atoms with Crippen LogP contribution in [0.1, 0.15) is 24.5 Å². The molecule has 0 unspecified atom stereocenters. The number of hydrogen-bond acceptors (Lipinski definition) is 2. The molecule has 0 fully saturated rings. The normalized spacial score (nSPS) is 23.1. The van der Waals surface area contributed by atoms with Gasteiger partial charge < -0.3 is 9.47 Å². The predicted octanol–water partition coefficient (Wildman–Crippen LogP) is 2.35. The highest BCUT2D eigenvalue weighted by atomic mass is 16.5. The number of hydrogen-bond donors (Lipinski definition) is 0. The molecule has 16 heavy (non-hydrogen) atoms. The van der Waals surface area contributed by atoms with Crippen molar-refractivity contribution >= 4 is 0 Å². The largest absolute Gasteiger partial charge is 0.493 e. The van der Waals surface area contributed by atoms with Gasteiger partial charge in [0.2, 0.25) is 0 Å². The van der Waals surface area contributed by atoms with Gasteiger partial charge in [0.05, 0.1) is 13.2 Å². The third-order valence-corrected chi connectivity index (χ3v) is 3.17. The van der Waals surface area contributed by atoms with Crippen LogP contribution in [-0.4, -0.2) is 20.3 Å². The molecule has 1 aromatic rings. The molecule has 1 atom stereocenters. The summed E-state index contributed by atoms with van der Waals surface area (Å²) in [5.74, 6) is 3.60. The third-order valence-electron chi connectivity index (χ3n) is 3.17. The van der Waals surface area contributed by atoms with Crippen LogP contribution in [0.2, 0.25) is 0 Å². The van der Waals surface area contributed by atoms with E-state index < -0.39 is 0 Å². The second-order valence-corrected chi connectivity index (χ2v) is 4.45. The van der Waals surface area contributed by atoms with Crippen molar-refractivity contribution < 1.29 is 9.47 Å². The zero-order chi connectivity index (χ0) is 11.6. The summed E-state index contributed by atoms with van der Waals surface area (Å²) in [5.41, 5.74) is 2.07. The van der Waals surface area contributed by atoms with Gasteiger partial charge in [-0.2, -0.15) is 0 Å². The van der Waals surface area contributed by atoms with Crippen LogP contribution >= 0.6 is 0 Å². The van der Waals surface area contributed by atoms with Gasteiger partial charge in [-0.1, -0.05) is 12.8 Å². The molecule has 0 radical (unpaired) electrons. The second-order valence-electron chi connectivity index (χ2n) is 4.45. The van der Waals surface area contributed by atoms with E-state index >= 15 is 0 Å². The summed E-state index contributed by atoms with van der Waals surface area (Å²) < 4.78 is 10.9. The Kier molecular flexibility index (Phi) is 2.89. The van der Waals surface area contributed by atoms with Gasteiger partial charge in [0, 0.05) is 23.7 Å². The van der Waals surface area contributed by atoms with Crippen LogP contribution in [0.25, 0.3) is 0 Å². The Labute approximate surface area is 96.6 Å². The Bertz CT molecular complexity index is 431. The molecule has 2 rings (SSSR count). The first-order valence-corrected chi connectivity index (χ1v) is 5.42. The zero-order valence-corrected chi connectivity index (χ0v) is 9.75. The number of rotatable bonds is 2. The van der Waals surface area contributed by atoms with Crippen molar-refractivity contribution in [2.24, 2.45) is 0 Å². The Morgan fingerprint density at radius 3 is 3.06 bits per heavy atom. The monoisotopic (exact) mass is 216 g/mol. The minimum absolute atomic E-state index is 0.00912. The highest BCUT2D eigenvalue weighted by Gasteiger charge is 2.33. The van der Waals surface area contributed by atoms with Crippen molar-refractivity contribution in [3.05, 3.63) is 29.3 Å². The minimum atomic E-state index is 0.00912. The van der Waals surface area contributed by atoms with Crippen molar-refractivity contribution in [3.63, 3.8) is 0 Å². The van der Waals surface area contributed by atoms with Crippen molar-refractivity contribution in [2.45, 2.75) is 18.8 Å². The number of fused-ring (bicyclic) bond motifs is 1. The fourth-order valence-electron chi connectivity index (χ4n) is 2.21. The number of terminal acetylenes is 1. The first kappa shape index (κ1) is 11.0. The van der Waals surface area contributed by atoms with E-state index in [0.29, 0.717) is 6.61 Å². The molecule has 0 aliphatic carbocycles. The smallest absolute Gasteiger partial charge is 0.123 e. The molecule has 0 bridgehead atoms. The van der Waals surface area contributed by atoms with Crippen LogP contribution in [0, 0.1) is 12.3 Å². The van der Waals surface area contributed by atoms with Gasteiger partial charge >= 0.3 is 0 Å². The molecule has 0 N–H and O–H groups in total. The average molecular weight is 216 g/mol. The van der Waals surface area contributed by atoms with Gasteiger partial charge in [0.15, 0.2) is 0 Å². The molecule has 0 saturated heterocycles. The van der Waals surface area contributed by atoms with Crippen molar-refractivity contribution in [2.75, 3.05) is 20.3 Å². The second kappa shape index (κ2) is 4.19. The molecule has 1 heterocycles. The molecule has 0 amide bonds. The lowest BCUT2D eigenvalue weighted by Crippen LogP contribution is -2.34. The van der Waals surface area contributed by atoms with E-state index in [1.165, 1.54) is 0 Å². The SMILES string of the molecule is C#Cc1ccc2c(c1)[C@](C)(COC)CCO2. The fraction of sp³-hybridized carbons (Fsp3) is 0.429. The molecule has 0 saturated carbocycles. The van der Waals surface area contributed by atoms with Gasteiger partial charge in [0.1, 0.15) is 5.75 Å². The number of benzene rings is 1. The Balaban J connectivity index is 2.47. The standard InChI is InChI=1S/C14H16O2/c1-4-11-5-6-13-12(9-11)14(2,10-15-3)7-8-16-13/h1,5-6,9H,7-8,10H2,2-3H3/t14-/m0/s1. The van der Waals surface area contributed by atoms with Crippen molar-refractivity contribution in [3.8, 4) is 18.1 Å². The van der Waals surface area contributed by atoms with E-state index in [2.05, 4.69) is 12.8 Å². The van der Waals surface area contributed by atoms with Crippen LogP contribution < -0.4 is 4.74 Å². The van der Waals surface area contributed by atoms with Crippen LogP contribution in [0.5, 0.6) is 5.75 Å². The van der Waals surface area contributed by atoms with Gasteiger partial charge in [-0.25, -0.2) is 0 Å². The molecule has 2 heteroatoms. The highest BCUT2D eigenvalue weighted by Crippen LogP contribution is 2.39. The van der Waals surface area contributed by atoms with Gasteiger partial charge in [-0.3, -0.25) is 0 Å². The maximum absolute atomic E-state index is 5.64. The van der Waals surface area contributed by atoms with Crippen LogP contribution in [-0.2, 0) is 10.2 Å². The molecule has 84 valence electrons. The van der Waals surface area contributed by atoms with E-state index in [0.717, 1.165) is 29.9 Å². The van der Waals surface area contributed by atoms with E-state index in [4.69, 9.17) is 15.9 Å². The quantitative estimate of drug-likeness (QED) is 0.706. The van der Waals surface area contributed by atoms with Crippen molar-refractivity contribution in [1.82, 2.24) is 0 Å². The van der Waals surface area contributed by atoms with Gasteiger partial charge in [-0.15, -0.1) is 6.42 Å². The molecular weight excluding hydrogens is 200 g/mol. The first-order valence-electron chi connectivity index (χ1n) is 5.42. The lowest BCUT2D eigenvalue weighted by molar-refractivity contribution is 0.106. The maximum Gasteiger partial charge on any atom is 0.123 e. The lowest BCUT2D eigenvalue weighted by Gasteiger charge is -2.35. The van der Waals surface area contributed by atoms with Gasteiger partial charge in [-0.05, 0) is 24.6 Å². The first-order chi connectivity index (χ1) is 7.69. The molecule has 1 aliphatic rings. The summed E-state index contributed by atoms with van der Waals surface area (Å²) in [6.45, 7) is 3.62.